The molecular formula is C32H31F2N5O4. The summed E-state index contributed by atoms with van der Waals surface area (Å²) < 4.78 is 46.9. The minimum Gasteiger partial charge on any atom is -0.496 e. The SMILES string of the molecule is COc1cc(C(=O)N[C@H]2CCNC[C@H]2F)ccc1-c1cc2nccc(-c3cc(F)c(NC4CCOCC4)c(C#N)c3)c2o1. The largest absolute Gasteiger partial charge is 0.496 e. The van der Waals surface area contributed by atoms with Gasteiger partial charge in [0, 0.05) is 49.2 Å². The molecule has 2 saturated heterocycles. The van der Waals surface area contributed by atoms with Crippen LogP contribution in [0.4, 0.5) is 14.5 Å². The number of nitriles is 1. The number of piperidine rings is 1. The lowest BCUT2D eigenvalue weighted by atomic mass is 10.0. The van der Waals surface area contributed by atoms with E-state index in [0.717, 1.165) is 12.8 Å². The van der Waals surface area contributed by atoms with Crippen LogP contribution in [0.5, 0.6) is 5.75 Å². The summed E-state index contributed by atoms with van der Waals surface area (Å²) in [7, 11) is 1.49. The maximum atomic E-state index is 15.4. The van der Waals surface area contributed by atoms with Crippen molar-refractivity contribution in [3.63, 3.8) is 0 Å². The molecule has 4 aromatic rings. The van der Waals surface area contributed by atoms with Gasteiger partial charge in [-0.1, -0.05) is 0 Å². The van der Waals surface area contributed by atoms with E-state index in [0.29, 0.717) is 71.0 Å². The minimum absolute atomic E-state index is 0.0269. The van der Waals surface area contributed by atoms with Gasteiger partial charge in [0.1, 0.15) is 35.1 Å². The molecular weight excluding hydrogens is 556 g/mol. The van der Waals surface area contributed by atoms with Gasteiger partial charge in [-0.3, -0.25) is 9.78 Å². The van der Waals surface area contributed by atoms with Crippen molar-refractivity contribution in [3.8, 4) is 34.3 Å². The third kappa shape index (κ3) is 5.89. The molecule has 2 aliphatic rings. The first-order valence-electron chi connectivity index (χ1n) is 14.3. The van der Waals surface area contributed by atoms with Gasteiger partial charge in [-0.25, -0.2) is 8.78 Å². The van der Waals surface area contributed by atoms with Gasteiger partial charge in [0.05, 0.1) is 30.0 Å². The van der Waals surface area contributed by atoms with E-state index in [9.17, 15) is 14.4 Å². The number of fused-ring (bicyclic) bond motifs is 1. The highest BCUT2D eigenvalue weighted by Crippen LogP contribution is 2.39. The van der Waals surface area contributed by atoms with Crippen molar-refractivity contribution in [2.24, 2.45) is 0 Å². The van der Waals surface area contributed by atoms with E-state index in [1.807, 2.05) is 0 Å². The molecule has 2 atom stereocenters. The van der Waals surface area contributed by atoms with Gasteiger partial charge in [0.15, 0.2) is 5.58 Å². The van der Waals surface area contributed by atoms with Crippen LogP contribution in [0.25, 0.3) is 33.6 Å². The highest BCUT2D eigenvalue weighted by Gasteiger charge is 2.27. The molecule has 2 aromatic heterocycles. The van der Waals surface area contributed by atoms with Crippen LogP contribution in [-0.2, 0) is 4.74 Å². The predicted octanol–water partition coefficient (Wildman–Crippen LogP) is 5.20. The Balaban J connectivity index is 1.30. The molecule has 0 aliphatic carbocycles. The maximum absolute atomic E-state index is 15.4. The normalized spacial score (nSPS) is 19.1. The van der Waals surface area contributed by atoms with Crippen LogP contribution in [0, 0.1) is 17.1 Å². The van der Waals surface area contributed by atoms with Crippen LogP contribution in [0.15, 0.2) is 53.1 Å². The van der Waals surface area contributed by atoms with Gasteiger partial charge in [-0.05, 0) is 67.8 Å². The van der Waals surface area contributed by atoms with Crippen LogP contribution in [0.2, 0.25) is 0 Å². The molecule has 0 radical (unpaired) electrons. The lowest BCUT2D eigenvalue weighted by Crippen LogP contribution is -2.50. The number of alkyl halides is 1. The molecule has 43 heavy (non-hydrogen) atoms. The number of furan rings is 1. The number of pyridine rings is 1. The topological polar surface area (TPSA) is 121 Å². The lowest BCUT2D eigenvalue weighted by Gasteiger charge is -2.27. The van der Waals surface area contributed by atoms with Crippen LogP contribution in [0.3, 0.4) is 0 Å². The Morgan fingerprint density at radius 3 is 2.74 bits per heavy atom. The summed E-state index contributed by atoms with van der Waals surface area (Å²) in [5, 5.41) is 18.8. The van der Waals surface area contributed by atoms with E-state index in [-0.39, 0.29) is 23.8 Å². The number of aromatic nitrogens is 1. The standard InChI is InChI=1S/C32H31F2N5O4/c1-41-28-14-18(32(40)39-26-5-8-36-17-25(26)34)2-3-23(28)29-15-27-31(43-29)22(4-9-37-27)19-12-20(16-35)30(24(33)13-19)38-21-6-10-42-11-7-21/h2-4,9,12-15,21,25-26,36,38H,5-8,10-11,17H2,1H3,(H,39,40)/t25-,26+/m1/s1. The maximum Gasteiger partial charge on any atom is 0.251 e. The van der Waals surface area contributed by atoms with Crippen molar-refractivity contribution >= 4 is 22.7 Å². The van der Waals surface area contributed by atoms with E-state index < -0.39 is 23.9 Å². The Labute approximate surface area is 247 Å². The quantitative estimate of drug-likeness (QED) is 0.270. The summed E-state index contributed by atoms with van der Waals surface area (Å²) in [5.74, 6) is -0.106. The first kappa shape index (κ1) is 28.6. The first-order valence-corrected chi connectivity index (χ1v) is 14.3. The molecule has 6 rings (SSSR count). The van der Waals surface area contributed by atoms with Gasteiger partial charge >= 0.3 is 0 Å². The molecule has 0 saturated carbocycles. The predicted molar refractivity (Wildman–Crippen MR) is 157 cm³/mol. The third-order valence-corrected chi connectivity index (χ3v) is 7.96. The molecule has 9 nitrogen and oxygen atoms in total. The summed E-state index contributed by atoms with van der Waals surface area (Å²) in [6.07, 6.45) is 2.41. The third-order valence-electron chi connectivity index (χ3n) is 7.96. The molecule has 2 aromatic carbocycles. The van der Waals surface area contributed by atoms with Crippen LogP contribution < -0.4 is 20.7 Å². The number of nitrogens with zero attached hydrogens (tertiary/aromatic N) is 2. The van der Waals surface area contributed by atoms with Crippen molar-refractivity contribution in [2.45, 2.75) is 37.5 Å². The smallest absolute Gasteiger partial charge is 0.251 e. The molecule has 2 aliphatic heterocycles. The summed E-state index contributed by atoms with van der Waals surface area (Å²) in [6.45, 7) is 2.02. The van der Waals surface area contributed by atoms with Crippen LogP contribution in [0.1, 0.15) is 35.2 Å². The molecule has 0 spiro atoms. The second kappa shape index (κ2) is 12.4. The number of amides is 1. The zero-order valence-corrected chi connectivity index (χ0v) is 23.6. The van der Waals surface area contributed by atoms with E-state index in [2.05, 4.69) is 27.0 Å². The van der Waals surface area contributed by atoms with Crippen LogP contribution in [-0.4, -0.2) is 62.6 Å². The van der Waals surface area contributed by atoms with Gasteiger partial charge < -0.3 is 29.8 Å². The molecule has 2 fully saturated rings. The molecule has 0 unspecified atom stereocenters. The van der Waals surface area contributed by atoms with Crippen molar-refractivity contribution in [1.82, 2.24) is 15.6 Å². The van der Waals surface area contributed by atoms with E-state index >= 15 is 4.39 Å². The fourth-order valence-electron chi connectivity index (χ4n) is 5.61. The van der Waals surface area contributed by atoms with Crippen molar-refractivity contribution in [3.05, 3.63) is 65.6 Å². The molecule has 1 amide bonds. The fourth-order valence-corrected chi connectivity index (χ4v) is 5.61. The molecule has 4 heterocycles. The Morgan fingerprint density at radius 1 is 1.14 bits per heavy atom. The Morgan fingerprint density at radius 2 is 1.98 bits per heavy atom. The molecule has 0 bridgehead atoms. The van der Waals surface area contributed by atoms with Crippen molar-refractivity contribution < 1.29 is 27.5 Å². The Kier molecular flexibility index (Phi) is 8.22. The summed E-state index contributed by atoms with van der Waals surface area (Å²) in [4.78, 5) is 17.3. The summed E-state index contributed by atoms with van der Waals surface area (Å²) >= 11 is 0. The van der Waals surface area contributed by atoms with E-state index in [1.165, 1.54) is 13.2 Å². The van der Waals surface area contributed by atoms with E-state index in [1.54, 1.807) is 42.6 Å². The number of rotatable bonds is 7. The number of carbonyl (C=O) groups excluding carboxylic acids is 1. The number of ether oxygens (including phenoxy) is 2. The van der Waals surface area contributed by atoms with Gasteiger partial charge in [-0.2, -0.15) is 5.26 Å². The van der Waals surface area contributed by atoms with E-state index in [4.69, 9.17) is 13.9 Å². The van der Waals surface area contributed by atoms with Gasteiger partial charge in [-0.15, -0.1) is 0 Å². The zero-order chi connectivity index (χ0) is 29.9. The molecule has 222 valence electrons. The number of halogens is 2. The number of anilines is 1. The van der Waals surface area contributed by atoms with Gasteiger partial charge in [0.2, 0.25) is 0 Å². The summed E-state index contributed by atoms with van der Waals surface area (Å²) in [6, 6.07) is 13.0. The molecule has 11 heteroatoms. The lowest BCUT2D eigenvalue weighted by molar-refractivity contribution is 0.0891. The minimum atomic E-state index is -1.16. The average Bonchev–Trinajstić information content (AvgIpc) is 3.47. The first-order chi connectivity index (χ1) is 20.9. The fraction of sp³-hybridized carbons (Fsp3) is 0.344. The number of carbonyl (C=O) groups is 1. The highest BCUT2D eigenvalue weighted by molar-refractivity contribution is 5.97. The second-order valence-corrected chi connectivity index (χ2v) is 10.7. The number of nitrogens with one attached hydrogen (secondary N) is 3. The van der Waals surface area contributed by atoms with Crippen molar-refractivity contribution in [2.75, 3.05) is 38.7 Å². The number of hydrogen-bond donors (Lipinski definition) is 3. The molecule has 3 N–H and O–H groups in total. The monoisotopic (exact) mass is 587 g/mol. The average molecular weight is 588 g/mol. The highest BCUT2D eigenvalue weighted by atomic mass is 19.1. The summed E-state index contributed by atoms with van der Waals surface area (Å²) in [5.41, 5.74) is 3.26. The van der Waals surface area contributed by atoms with Gasteiger partial charge in [0.25, 0.3) is 5.91 Å². The zero-order valence-electron chi connectivity index (χ0n) is 23.6. The Bertz CT molecular complexity index is 1700. The number of hydrogen-bond acceptors (Lipinski definition) is 8. The second-order valence-electron chi connectivity index (χ2n) is 10.7. The van der Waals surface area contributed by atoms with Crippen molar-refractivity contribution in [1.29, 1.82) is 5.26 Å². The number of methoxy groups -OCH3 is 1. The Hall–Kier alpha value is -4.53. The number of benzene rings is 2. The van der Waals surface area contributed by atoms with Crippen LogP contribution >= 0.6 is 0 Å².